The maximum Gasteiger partial charge on any atom is 0.292 e. The van der Waals surface area contributed by atoms with Gasteiger partial charge in [0.15, 0.2) is 0 Å². The molecule has 2 N–H and O–H groups in total. The highest BCUT2D eigenvalue weighted by atomic mass is 16.6. The number of carbonyl (C=O) groups excluding carboxylic acids is 1. The number of hydrogen-bond donors (Lipinski definition) is 1. The first kappa shape index (κ1) is 18.7. The van der Waals surface area contributed by atoms with Crippen LogP contribution in [0.15, 0.2) is 42.5 Å². The fourth-order valence-corrected chi connectivity index (χ4v) is 3.14. The van der Waals surface area contributed by atoms with E-state index in [1.54, 1.807) is 11.9 Å². The van der Waals surface area contributed by atoms with Crippen molar-refractivity contribution in [3.8, 4) is 0 Å². The standard InChI is InChI=1S/C19H22N4O4/c1-21(19(24)14-6-7-16(20)18(12-14)23(25)26)13-15-4-2-3-5-17(15)22-8-10-27-11-9-22/h2-7,12H,8-11,13,20H2,1H3. The molecule has 27 heavy (non-hydrogen) atoms. The molecule has 1 heterocycles. The van der Waals surface area contributed by atoms with E-state index in [4.69, 9.17) is 10.5 Å². The number of ether oxygens (including phenoxy) is 1. The van der Waals surface area contributed by atoms with Crippen LogP contribution in [-0.2, 0) is 11.3 Å². The van der Waals surface area contributed by atoms with Crippen LogP contribution in [0, 0.1) is 10.1 Å². The Kier molecular flexibility index (Phi) is 5.56. The van der Waals surface area contributed by atoms with Gasteiger partial charge in [0.25, 0.3) is 11.6 Å². The maximum absolute atomic E-state index is 12.8. The van der Waals surface area contributed by atoms with E-state index in [2.05, 4.69) is 4.90 Å². The molecule has 8 nitrogen and oxygen atoms in total. The van der Waals surface area contributed by atoms with Gasteiger partial charge in [-0.1, -0.05) is 18.2 Å². The molecule has 1 fully saturated rings. The summed E-state index contributed by atoms with van der Waals surface area (Å²) in [5.74, 6) is -0.296. The molecule has 1 saturated heterocycles. The molecule has 0 radical (unpaired) electrons. The molecule has 0 bridgehead atoms. The molecule has 1 aliphatic rings. The topological polar surface area (TPSA) is 102 Å². The van der Waals surface area contributed by atoms with Crippen molar-refractivity contribution in [2.75, 3.05) is 44.0 Å². The Hall–Kier alpha value is -3.13. The number of rotatable bonds is 5. The highest BCUT2D eigenvalue weighted by Gasteiger charge is 2.20. The molecule has 0 saturated carbocycles. The minimum atomic E-state index is -0.583. The molecule has 0 aliphatic carbocycles. The summed E-state index contributed by atoms with van der Waals surface area (Å²) in [5.41, 5.74) is 7.71. The van der Waals surface area contributed by atoms with Crippen molar-refractivity contribution < 1.29 is 14.5 Å². The van der Waals surface area contributed by atoms with Gasteiger partial charge in [0.2, 0.25) is 0 Å². The van der Waals surface area contributed by atoms with Crippen LogP contribution in [0.4, 0.5) is 17.1 Å². The number of carbonyl (C=O) groups is 1. The molecular weight excluding hydrogens is 348 g/mol. The molecule has 8 heteroatoms. The average molecular weight is 370 g/mol. The van der Waals surface area contributed by atoms with E-state index in [9.17, 15) is 14.9 Å². The Labute approximate surface area is 157 Å². The van der Waals surface area contributed by atoms with Gasteiger partial charge >= 0.3 is 0 Å². The van der Waals surface area contributed by atoms with Crippen LogP contribution in [0.2, 0.25) is 0 Å². The number of nitrogens with two attached hydrogens (primary N) is 1. The number of nitrogens with zero attached hydrogens (tertiary/aromatic N) is 3. The van der Waals surface area contributed by atoms with E-state index in [-0.39, 0.29) is 22.8 Å². The van der Waals surface area contributed by atoms with E-state index in [0.717, 1.165) is 24.3 Å². The second-order valence-corrected chi connectivity index (χ2v) is 6.42. The maximum atomic E-state index is 12.8. The number of para-hydroxylation sites is 1. The van der Waals surface area contributed by atoms with Gasteiger partial charge in [0.05, 0.1) is 18.1 Å². The largest absolute Gasteiger partial charge is 0.393 e. The van der Waals surface area contributed by atoms with E-state index in [1.165, 1.54) is 18.2 Å². The van der Waals surface area contributed by atoms with Gasteiger partial charge in [-0.2, -0.15) is 0 Å². The van der Waals surface area contributed by atoms with Crippen LogP contribution in [-0.4, -0.2) is 49.1 Å². The molecule has 0 aromatic heterocycles. The van der Waals surface area contributed by atoms with Crippen LogP contribution in [0.5, 0.6) is 0 Å². The minimum absolute atomic E-state index is 0.0388. The number of hydrogen-bond acceptors (Lipinski definition) is 6. The van der Waals surface area contributed by atoms with E-state index in [1.807, 2.05) is 24.3 Å². The first-order valence-electron chi connectivity index (χ1n) is 8.67. The smallest absolute Gasteiger partial charge is 0.292 e. The normalized spacial score (nSPS) is 14.0. The molecule has 0 spiro atoms. The molecule has 2 aromatic rings. The van der Waals surface area contributed by atoms with Crippen LogP contribution in [0.25, 0.3) is 0 Å². The van der Waals surface area contributed by atoms with Gasteiger partial charge in [-0.05, 0) is 23.8 Å². The minimum Gasteiger partial charge on any atom is -0.393 e. The first-order valence-corrected chi connectivity index (χ1v) is 8.67. The number of nitro benzene ring substituents is 1. The number of morpholine rings is 1. The van der Waals surface area contributed by atoms with Crippen molar-refractivity contribution in [2.24, 2.45) is 0 Å². The Morgan fingerprint density at radius 2 is 1.96 bits per heavy atom. The molecule has 1 aliphatic heterocycles. The number of nitrogen functional groups attached to an aromatic ring is 1. The summed E-state index contributed by atoms with van der Waals surface area (Å²) >= 11 is 0. The zero-order valence-corrected chi connectivity index (χ0v) is 15.1. The average Bonchev–Trinajstić information content (AvgIpc) is 2.68. The van der Waals surface area contributed by atoms with Gasteiger partial charge in [-0.25, -0.2) is 0 Å². The van der Waals surface area contributed by atoms with Crippen molar-refractivity contribution in [3.05, 3.63) is 63.7 Å². The number of nitro groups is 1. The van der Waals surface area contributed by atoms with Crippen molar-refractivity contribution in [1.29, 1.82) is 0 Å². The lowest BCUT2D eigenvalue weighted by atomic mass is 10.1. The summed E-state index contributed by atoms with van der Waals surface area (Å²) in [7, 11) is 1.68. The predicted octanol–water partition coefficient (Wildman–Crippen LogP) is 2.29. The van der Waals surface area contributed by atoms with Gasteiger partial charge < -0.3 is 20.3 Å². The summed E-state index contributed by atoms with van der Waals surface area (Å²) < 4.78 is 5.41. The van der Waals surface area contributed by atoms with Crippen molar-refractivity contribution >= 4 is 23.0 Å². The summed E-state index contributed by atoms with van der Waals surface area (Å²) in [5, 5.41) is 11.1. The summed E-state index contributed by atoms with van der Waals surface area (Å²) in [6.07, 6.45) is 0. The monoisotopic (exact) mass is 370 g/mol. The number of amides is 1. The zero-order chi connectivity index (χ0) is 19.4. The summed E-state index contributed by atoms with van der Waals surface area (Å²) in [6.45, 7) is 3.36. The third kappa shape index (κ3) is 4.17. The van der Waals surface area contributed by atoms with Crippen molar-refractivity contribution in [1.82, 2.24) is 4.90 Å². The first-order chi connectivity index (χ1) is 13.0. The fourth-order valence-electron chi connectivity index (χ4n) is 3.14. The summed E-state index contributed by atoms with van der Waals surface area (Å²) in [4.78, 5) is 27.0. The molecule has 3 rings (SSSR count). The molecule has 0 unspecified atom stereocenters. The summed E-state index contributed by atoms with van der Waals surface area (Å²) in [6, 6.07) is 12.1. The van der Waals surface area contributed by atoms with Gasteiger partial charge in [-0.3, -0.25) is 14.9 Å². The van der Waals surface area contributed by atoms with Gasteiger partial charge in [0.1, 0.15) is 5.69 Å². The van der Waals surface area contributed by atoms with Crippen LogP contribution >= 0.6 is 0 Å². The lowest BCUT2D eigenvalue weighted by molar-refractivity contribution is -0.383. The SMILES string of the molecule is CN(Cc1ccccc1N1CCOCC1)C(=O)c1ccc(N)c([N+](=O)[O-])c1. The van der Waals surface area contributed by atoms with E-state index in [0.29, 0.717) is 19.8 Å². The van der Waals surface area contributed by atoms with E-state index < -0.39 is 4.92 Å². The highest BCUT2D eigenvalue weighted by Crippen LogP contribution is 2.25. The Balaban J connectivity index is 1.79. The highest BCUT2D eigenvalue weighted by molar-refractivity contribution is 5.95. The Bertz CT molecular complexity index is 849. The molecule has 0 atom stereocenters. The van der Waals surface area contributed by atoms with Crippen LogP contribution in [0.1, 0.15) is 15.9 Å². The second kappa shape index (κ2) is 8.05. The quantitative estimate of drug-likeness (QED) is 0.492. The third-order valence-electron chi connectivity index (χ3n) is 4.57. The number of benzene rings is 2. The number of anilines is 2. The van der Waals surface area contributed by atoms with Crippen LogP contribution < -0.4 is 10.6 Å². The molecular formula is C19H22N4O4. The fraction of sp³-hybridized carbons (Fsp3) is 0.316. The zero-order valence-electron chi connectivity index (χ0n) is 15.1. The van der Waals surface area contributed by atoms with E-state index >= 15 is 0 Å². The Morgan fingerprint density at radius 3 is 2.67 bits per heavy atom. The lowest BCUT2D eigenvalue weighted by Gasteiger charge is -2.31. The van der Waals surface area contributed by atoms with Gasteiger partial charge in [0, 0.05) is 44.0 Å². The van der Waals surface area contributed by atoms with Gasteiger partial charge in [-0.15, -0.1) is 0 Å². The molecule has 1 amide bonds. The van der Waals surface area contributed by atoms with Crippen LogP contribution in [0.3, 0.4) is 0 Å². The molecule has 142 valence electrons. The Morgan fingerprint density at radius 1 is 1.26 bits per heavy atom. The lowest BCUT2D eigenvalue weighted by Crippen LogP contribution is -2.37. The predicted molar refractivity (Wildman–Crippen MR) is 103 cm³/mol. The third-order valence-corrected chi connectivity index (χ3v) is 4.57. The second-order valence-electron chi connectivity index (χ2n) is 6.42. The molecule has 2 aromatic carbocycles. The van der Waals surface area contributed by atoms with Crippen molar-refractivity contribution in [3.63, 3.8) is 0 Å². The van der Waals surface area contributed by atoms with Crippen molar-refractivity contribution in [2.45, 2.75) is 6.54 Å².